The van der Waals surface area contributed by atoms with E-state index < -0.39 is 0 Å². The summed E-state index contributed by atoms with van der Waals surface area (Å²) in [5.74, 6) is 0.874. The minimum atomic E-state index is 0.874. The van der Waals surface area contributed by atoms with Crippen molar-refractivity contribution in [1.29, 1.82) is 0 Å². The van der Waals surface area contributed by atoms with Crippen LogP contribution < -0.4 is 4.74 Å². The first kappa shape index (κ1) is 10.3. The molecule has 1 nitrogen and oxygen atoms in total. The highest BCUT2D eigenvalue weighted by Gasteiger charge is 2.01. The largest absolute Gasteiger partial charge is 0.496 e. The van der Waals surface area contributed by atoms with Crippen molar-refractivity contribution in [1.82, 2.24) is 0 Å². The van der Waals surface area contributed by atoms with Gasteiger partial charge in [-0.1, -0.05) is 18.2 Å². The summed E-state index contributed by atoms with van der Waals surface area (Å²) in [5, 5.41) is 0. The number of methoxy groups -OCH3 is 1. The second-order valence-electron chi connectivity index (χ2n) is 3.10. The van der Waals surface area contributed by atoms with Crippen LogP contribution in [0.2, 0.25) is 0 Å². The number of hydrogen-bond acceptors (Lipinski definition) is 1. The van der Waals surface area contributed by atoms with Gasteiger partial charge in [-0.25, -0.2) is 0 Å². The van der Waals surface area contributed by atoms with Gasteiger partial charge in [0, 0.05) is 0 Å². The molecular weight excluding hydrogens is 228 g/mol. The second kappa shape index (κ2) is 4.47. The van der Waals surface area contributed by atoms with Gasteiger partial charge in [0.2, 0.25) is 0 Å². The first-order valence-electron chi connectivity index (χ1n) is 4.10. The van der Waals surface area contributed by atoms with Crippen molar-refractivity contribution in [3.05, 3.63) is 40.4 Å². The molecule has 0 radical (unpaired) electrons. The van der Waals surface area contributed by atoms with Gasteiger partial charge in [0.05, 0.1) is 11.6 Å². The smallest absolute Gasteiger partial charge is 0.133 e. The molecule has 1 rings (SSSR count). The van der Waals surface area contributed by atoms with Crippen LogP contribution in [0.1, 0.15) is 12.5 Å². The molecular formula is C11H13BrO. The zero-order valence-corrected chi connectivity index (χ0v) is 9.52. The highest BCUT2D eigenvalue weighted by molar-refractivity contribution is 9.10. The number of halogens is 1. The van der Waals surface area contributed by atoms with E-state index in [4.69, 9.17) is 4.74 Å². The van der Waals surface area contributed by atoms with E-state index in [0.717, 1.165) is 22.2 Å². The second-order valence-corrected chi connectivity index (χ2v) is 3.96. The SMILES string of the molecule is C=C(C)Cc1ccc(Br)c(OC)c1. The maximum atomic E-state index is 5.19. The molecule has 0 fully saturated rings. The van der Waals surface area contributed by atoms with Gasteiger partial charge in [0.15, 0.2) is 0 Å². The molecule has 0 aromatic heterocycles. The lowest BCUT2D eigenvalue weighted by molar-refractivity contribution is 0.411. The van der Waals surface area contributed by atoms with Crippen LogP contribution in [0, 0.1) is 0 Å². The van der Waals surface area contributed by atoms with Crippen LogP contribution in [0.3, 0.4) is 0 Å². The monoisotopic (exact) mass is 240 g/mol. The Balaban J connectivity index is 2.92. The first-order chi connectivity index (χ1) is 6.13. The number of ether oxygens (including phenoxy) is 1. The maximum absolute atomic E-state index is 5.19. The quantitative estimate of drug-likeness (QED) is 0.735. The van der Waals surface area contributed by atoms with Gasteiger partial charge in [0.1, 0.15) is 5.75 Å². The molecule has 0 unspecified atom stereocenters. The van der Waals surface area contributed by atoms with Gasteiger partial charge in [-0.2, -0.15) is 0 Å². The number of allylic oxidation sites excluding steroid dienone is 1. The fraction of sp³-hybridized carbons (Fsp3) is 0.273. The van der Waals surface area contributed by atoms with Crippen molar-refractivity contribution in [2.75, 3.05) is 7.11 Å². The summed E-state index contributed by atoms with van der Waals surface area (Å²) in [6.45, 7) is 5.90. The van der Waals surface area contributed by atoms with Crippen LogP contribution in [-0.2, 0) is 6.42 Å². The van der Waals surface area contributed by atoms with Crippen molar-refractivity contribution in [2.24, 2.45) is 0 Å². The zero-order valence-electron chi connectivity index (χ0n) is 7.93. The third kappa shape index (κ3) is 2.88. The van der Waals surface area contributed by atoms with E-state index in [-0.39, 0.29) is 0 Å². The molecule has 0 aliphatic rings. The van der Waals surface area contributed by atoms with Crippen LogP contribution in [0.4, 0.5) is 0 Å². The lowest BCUT2D eigenvalue weighted by Crippen LogP contribution is -1.89. The van der Waals surface area contributed by atoms with Gasteiger partial charge in [-0.05, 0) is 47.0 Å². The molecule has 0 spiro atoms. The predicted octanol–water partition coefficient (Wildman–Crippen LogP) is 3.58. The average molecular weight is 241 g/mol. The average Bonchev–Trinajstić information content (AvgIpc) is 2.07. The molecule has 13 heavy (non-hydrogen) atoms. The molecule has 0 saturated heterocycles. The minimum absolute atomic E-state index is 0.874. The summed E-state index contributed by atoms with van der Waals surface area (Å²) in [5.41, 5.74) is 2.39. The van der Waals surface area contributed by atoms with Crippen LogP contribution in [-0.4, -0.2) is 7.11 Å². The Morgan fingerprint density at radius 3 is 2.77 bits per heavy atom. The van der Waals surface area contributed by atoms with Crippen molar-refractivity contribution < 1.29 is 4.74 Å². The van der Waals surface area contributed by atoms with Gasteiger partial charge in [-0.15, -0.1) is 0 Å². The third-order valence-electron chi connectivity index (χ3n) is 1.72. The van der Waals surface area contributed by atoms with Crippen molar-refractivity contribution in [2.45, 2.75) is 13.3 Å². The van der Waals surface area contributed by atoms with Crippen LogP contribution in [0.15, 0.2) is 34.8 Å². The molecule has 0 saturated carbocycles. The van der Waals surface area contributed by atoms with E-state index in [1.54, 1.807) is 7.11 Å². The topological polar surface area (TPSA) is 9.23 Å². The molecule has 0 heterocycles. The van der Waals surface area contributed by atoms with Gasteiger partial charge in [-0.3, -0.25) is 0 Å². The molecule has 70 valence electrons. The fourth-order valence-corrected chi connectivity index (χ4v) is 1.57. The van der Waals surface area contributed by atoms with E-state index in [1.165, 1.54) is 5.56 Å². The highest BCUT2D eigenvalue weighted by Crippen LogP contribution is 2.26. The van der Waals surface area contributed by atoms with E-state index in [9.17, 15) is 0 Å². The van der Waals surface area contributed by atoms with Gasteiger partial charge < -0.3 is 4.74 Å². The van der Waals surface area contributed by atoms with Crippen LogP contribution >= 0.6 is 15.9 Å². The molecule has 0 atom stereocenters. The lowest BCUT2D eigenvalue weighted by atomic mass is 10.1. The van der Waals surface area contributed by atoms with Crippen LogP contribution in [0.25, 0.3) is 0 Å². The Kier molecular flexibility index (Phi) is 3.55. The summed E-state index contributed by atoms with van der Waals surface area (Å²) in [7, 11) is 1.67. The van der Waals surface area contributed by atoms with E-state index in [0.29, 0.717) is 0 Å². The molecule has 1 aromatic carbocycles. The Labute approximate surface area is 87.5 Å². The summed E-state index contributed by atoms with van der Waals surface area (Å²) in [4.78, 5) is 0. The van der Waals surface area contributed by atoms with Crippen molar-refractivity contribution >= 4 is 15.9 Å². The summed E-state index contributed by atoms with van der Waals surface area (Å²) in [6, 6.07) is 6.09. The fourth-order valence-electron chi connectivity index (χ4n) is 1.16. The number of hydrogen-bond donors (Lipinski definition) is 0. The van der Waals surface area contributed by atoms with E-state index >= 15 is 0 Å². The molecule has 0 N–H and O–H groups in total. The maximum Gasteiger partial charge on any atom is 0.133 e. The van der Waals surface area contributed by atoms with Crippen LogP contribution in [0.5, 0.6) is 5.75 Å². The van der Waals surface area contributed by atoms with Crippen molar-refractivity contribution in [3.63, 3.8) is 0 Å². The summed E-state index contributed by atoms with van der Waals surface area (Å²) in [6.07, 6.45) is 0.906. The van der Waals surface area contributed by atoms with E-state index in [2.05, 4.69) is 28.6 Å². The Morgan fingerprint density at radius 1 is 1.54 bits per heavy atom. The number of rotatable bonds is 3. The minimum Gasteiger partial charge on any atom is -0.496 e. The highest BCUT2D eigenvalue weighted by atomic mass is 79.9. The zero-order chi connectivity index (χ0) is 9.84. The molecule has 0 amide bonds. The molecule has 2 heteroatoms. The van der Waals surface area contributed by atoms with Gasteiger partial charge >= 0.3 is 0 Å². The lowest BCUT2D eigenvalue weighted by Gasteiger charge is -2.06. The normalized spacial score (nSPS) is 9.77. The first-order valence-corrected chi connectivity index (χ1v) is 4.89. The van der Waals surface area contributed by atoms with Crippen molar-refractivity contribution in [3.8, 4) is 5.75 Å². The summed E-state index contributed by atoms with van der Waals surface area (Å²) >= 11 is 3.41. The third-order valence-corrected chi connectivity index (χ3v) is 2.38. The molecule has 1 aromatic rings. The predicted molar refractivity (Wildman–Crippen MR) is 59.2 cm³/mol. The Bertz CT molecular complexity index is 318. The van der Waals surface area contributed by atoms with E-state index in [1.807, 2.05) is 19.1 Å². The number of benzene rings is 1. The molecule has 0 aliphatic carbocycles. The Morgan fingerprint density at radius 2 is 2.23 bits per heavy atom. The molecule has 0 aliphatic heterocycles. The standard InChI is InChI=1S/C11H13BrO/c1-8(2)6-9-4-5-10(12)11(7-9)13-3/h4-5,7H,1,6H2,2-3H3. The Hall–Kier alpha value is -0.760. The summed E-state index contributed by atoms with van der Waals surface area (Å²) < 4.78 is 6.18. The van der Waals surface area contributed by atoms with Gasteiger partial charge in [0.25, 0.3) is 0 Å². The molecule has 0 bridgehead atoms.